The van der Waals surface area contributed by atoms with E-state index in [4.69, 9.17) is 10.1 Å². The quantitative estimate of drug-likeness (QED) is 0.906. The molecule has 2 aromatic rings. The van der Waals surface area contributed by atoms with E-state index < -0.39 is 0 Å². The van der Waals surface area contributed by atoms with Crippen LogP contribution in [-0.2, 0) is 6.42 Å². The van der Waals surface area contributed by atoms with Crippen LogP contribution >= 0.6 is 11.3 Å². The lowest BCUT2D eigenvalue weighted by Crippen LogP contribution is -2.25. The Morgan fingerprint density at radius 3 is 2.95 bits per heavy atom. The monoisotopic (exact) mass is 315 g/mol. The van der Waals surface area contributed by atoms with E-state index in [1.807, 2.05) is 36.6 Å². The number of aryl methyl sites for hydroxylation is 1. The fourth-order valence-electron chi connectivity index (χ4n) is 2.39. The molecule has 6 heteroatoms. The van der Waals surface area contributed by atoms with Gasteiger partial charge in [-0.25, -0.2) is 4.98 Å². The third-order valence-corrected chi connectivity index (χ3v) is 4.50. The molecule has 0 radical (unpaired) electrons. The summed E-state index contributed by atoms with van der Waals surface area (Å²) in [7, 11) is 1.61. The van der Waals surface area contributed by atoms with Gasteiger partial charge in [0.1, 0.15) is 22.4 Å². The number of aromatic nitrogens is 1. The molecule has 1 aliphatic heterocycles. The summed E-state index contributed by atoms with van der Waals surface area (Å²) in [6, 6.07) is 7.47. The molecule has 0 bridgehead atoms. The molecule has 0 saturated heterocycles. The van der Waals surface area contributed by atoms with Gasteiger partial charge in [-0.1, -0.05) is 13.0 Å². The maximum absolute atomic E-state index is 10.3. The Bertz CT molecular complexity index is 751. The van der Waals surface area contributed by atoms with E-state index >= 15 is 0 Å². The normalized spacial score (nSPS) is 14.8. The average molecular weight is 315 g/mol. The smallest absolute Gasteiger partial charge is 0.139 e. The highest BCUT2D eigenvalue weighted by Crippen LogP contribution is 2.33. The standard InChI is InChI=1S/C16H17N3O2S/c1-3-10-9-22-16(18-10)14-13(20)8-19(15(14)17)11-5-4-6-12(7-11)21-2/h4-7,9,17,20H,3,8H2,1-2H3. The molecule has 0 atom stereocenters. The fraction of sp³-hybridized carbons (Fsp3) is 0.250. The summed E-state index contributed by atoms with van der Waals surface area (Å²) in [5.41, 5.74) is 2.32. The predicted octanol–water partition coefficient (Wildman–Crippen LogP) is 3.48. The van der Waals surface area contributed by atoms with Crippen LogP contribution in [0.4, 0.5) is 5.69 Å². The predicted molar refractivity (Wildman–Crippen MR) is 89.1 cm³/mol. The Kier molecular flexibility index (Phi) is 3.85. The number of hydrogen-bond donors (Lipinski definition) is 2. The molecule has 1 aliphatic rings. The molecule has 3 rings (SSSR count). The molecule has 2 heterocycles. The van der Waals surface area contributed by atoms with Crippen molar-refractivity contribution in [1.29, 1.82) is 5.41 Å². The van der Waals surface area contributed by atoms with Crippen LogP contribution < -0.4 is 9.64 Å². The van der Waals surface area contributed by atoms with E-state index in [1.54, 1.807) is 12.0 Å². The van der Waals surface area contributed by atoms with Crippen LogP contribution in [0.3, 0.4) is 0 Å². The topological polar surface area (TPSA) is 69.4 Å². The summed E-state index contributed by atoms with van der Waals surface area (Å²) in [4.78, 5) is 6.23. The van der Waals surface area contributed by atoms with Crippen LogP contribution in [0.25, 0.3) is 5.57 Å². The molecule has 1 aromatic heterocycles. The summed E-state index contributed by atoms with van der Waals surface area (Å²) in [6.07, 6.45) is 0.845. The minimum Gasteiger partial charge on any atom is -0.510 e. The van der Waals surface area contributed by atoms with Gasteiger partial charge in [0.05, 0.1) is 24.9 Å². The van der Waals surface area contributed by atoms with E-state index in [0.717, 1.165) is 23.6 Å². The Hall–Kier alpha value is -2.34. The van der Waals surface area contributed by atoms with Gasteiger partial charge in [-0.15, -0.1) is 11.3 Å². The zero-order valence-corrected chi connectivity index (χ0v) is 13.3. The number of anilines is 1. The second-order valence-electron chi connectivity index (χ2n) is 4.96. The third kappa shape index (κ3) is 2.46. The minimum absolute atomic E-state index is 0.185. The Balaban J connectivity index is 1.92. The van der Waals surface area contributed by atoms with Crippen molar-refractivity contribution >= 4 is 28.4 Å². The molecular weight excluding hydrogens is 298 g/mol. The summed E-state index contributed by atoms with van der Waals surface area (Å²) >= 11 is 1.46. The lowest BCUT2D eigenvalue weighted by atomic mass is 10.2. The van der Waals surface area contributed by atoms with Crippen molar-refractivity contribution in [1.82, 2.24) is 4.98 Å². The van der Waals surface area contributed by atoms with Gasteiger partial charge in [0.25, 0.3) is 0 Å². The van der Waals surface area contributed by atoms with Crippen molar-refractivity contribution in [2.24, 2.45) is 0 Å². The van der Waals surface area contributed by atoms with Crippen LogP contribution in [0, 0.1) is 5.41 Å². The lowest BCUT2D eigenvalue weighted by Gasteiger charge is -2.19. The van der Waals surface area contributed by atoms with Crippen LogP contribution in [0.1, 0.15) is 17.6 Å². The highest BCUT2D eigenvalue weighted by molar-refractivity contribution is 7.11. The molecule has 0 amide bonds. The maximum atomic E-state index is 10.3. The van der Waals surface area contributed by atoms with Gasteiger partial charge in [-0.3, -0.25) is 5.41 Å². The molecule has 2 N–H and O–H groups in total. The Morgan fingerprint density at radius 1 is 1.45 bits per heavy atom. The molecule has 0 spiro atoms. The lowest BCUT2D eigenvalue weighted by molar-refractivity contribution is 0.410. The second kappa shape index (κ2) is 5.81. The number of hydrogen-bond acceptors (Lipinski definition) is 5. The van der Waals surface area contributed by atoms with Crippen LogP contribution in [-0.4, -0.2) is 29.6 Å². The summed E-state index contributed by atoms with van der Waals surface area (Å²) < 4.78 is 5.22. The molecule has 114 valence electrons. The van der Waals surface area contributed by atoms with Crippen molar-refractivity contribution in [3.05, 3.63) is 46.1 Å². The van der Waals surface area contributed by atoms with E-state index in [0.29, 0.717) is 10.6 Å². The molecule has 0 saturated carbocycles. The van der Waals surface area contributed by atoms with Gasteiger partial charge in [0, 0.05) is 17.1 Å². The first kappa shape index (κ1) is 14.6. The van der Waals surface area contributed by atoms with Gasteiger partial charge in [-0.05, 0) is 18.6 Å². The first-order valence-corrected chi connectivity index (χ1v) is 7.89. The zero-order chi connectivity index (χ0) is 15.7. The molecule has 0 unspecified atom stereocenters. The largest absolute Gasteiger partial charge is 0.510 e. The molecule has 0 fully saturated rings. The van der Waals surface area contributed by atoms with Gasteiger partial charge >= 0.3 is 0 Å². The number of thiazole rings is 1. The van der Waals surface area contributed by atoms with Gasteiger partial charge < -0.3 is 14.7 Å². The van der Waals surface area contributed by atoms with Gasteiger partial charge in [-0.2, -0.15) is 0 Å². The van der Waals surface area contributed by atoms with Crippen molar-refractivity contribution < 1.29 is 9.84 Å². The Morgan fingerprint density at radius 2 is 2.27 bits per heavy atom. The molecule has 0 aliphatic carbocycles. The Labute approximate surface area is 133 Å². The van der Waals surface area contributed by atoms with Gasteiger partial charge in [0.15, 0.2) is 0 Å². The minimum atomic E-state index is 0.185. The maximum Gasteiger partial charge on any atom is 0.139 e. The summed E-state index contributed by atoms with van der Waals surface area (Å²) in [6.45, 7) is 2.32. The number of benzene rings is 1. The van der Waals surface area contributed by atoms with Gasteiger partial charge in [0.2, 0.25) is 0 Å². The highest BCUT2D eigenvalue weighted by atomic mass is 32.1. The number of rotatable bonds is 4. The van der Waals surface area contributed by atoms with Crippen LogP contribution in [0.2, 0.25) is 0 Å². The first-order chi connectivity index (χ1) is 10.6. The molecule has 22 heavy (non-hydrogen) atoms. The number of nitrogens with one attached hydrogen (secondary N) is 1. The van der Waals surface area contributed by atoms with Crippen molar-refractivity contribution in [3.63, 3.8) is 0 Å². The number of methoxy groups -OCH3 is 1. The third-order valence-electron chi connectivity index (χ3n) is 3.60. The van der Waals surface area contributed by atoms with Crippen LogP contribution in [0.15, 0.2) is 35.4 Å². The SMILES string of the molecule is CCc1csc(C2=C(O)CN(c3cccc(OC)c3)C2=N)n1. The first-order valence-electron chi connectivity index (χ1n) is 7.01. The van der Waals surface area contributed by atoms with Crippen molar-refractivity contribution in [2.45, 2.75) is 13.3 Å². The molecular formula is C16H17N3O2S. The van der Waals surface area contributed by atoms with Crippen LogP contribution in [0.5, 0.6) is 5.75 Å². The second-order valence-corrected chi connectivity index (χ2v) is 5.81. The molecule has 5 nitrogen and oxygen atoms in total. The summed E-state index contributed by atoms with van der Waals surface area (Å²) in [5.74, 6) is 1.17. The zero-order valence-electron chi connectivity index (χ0n) is 12.5. The number of ether oxygens (including phenoxy) is 1. The number of amidine groups is 1. The average Bonchev–Trinajstić information content (AvgIpc) is 3.11. The number of aliphatic hydroxyl groups excluding tert-OH is 1. The van der Waals surface area contributed by atoms with E-state index in [9.17, 15) is 5.11 Å². The van der Waals surface area contributed by atoms with E-state index in [2.05, 4.69) is 4.98 Å². The number of nitrogens with zero attached hydrogens (tertiary/aromatic N) is 2. The summed E-state index contributed by atoms with van der Waals surface area (Å²) in [5, 5.41) is 21.4. The highest BCUT2D eigenvalue weighted by Gasteiger charge is 2.31. The van der Waals surface area contributed by atoms with E-state index in [-0.39, 0.29) is 18.1 Å². The van der Waals surface area contributed by atoms with E-state index in [1.165, 1.54) is 11.3 Å². The van der Waals surface area contributed by atoms with Crippen molar-refractivity contribution in [3.8, 4) is 5.75 Å². The fourth-order valence-corrected chi connectivity index (χ4v) is 3.36. The molecule has 1 aromatic carbocycles. The van der Waals surface area contributed by atoms with Crippen molar-refractivity contribution in [2.75, 3.05) is 18.6 Å². The number of aliphatic hydroxyl groups is 1.